The molecule has 2 rings (SSSR count). The molecule has 1 aliphatic heterocycles. The van der Waals surface area contributed by atoms with Gasteiger partial charge in [-0.2, -0.15) is 0 Å². The first-order chi connectivity index (χ1) is 9.86. The topological polar surface area (TPSA) is 61.3 Å². The van der Waals surface area contributed by atoms with Crippen LogP contribution in [0.15, 0.2) is 0 Å². The number of anilines is 2. The number of aliphatic hydroxyl groups excluding tert-OH is 1. The van der Waals surface area contributed by atoms with Crippen molar-refractivity contribution in [3.63, 3.8) is 0 Å². The van der Waals surface area contributed by atoms with E-state index in [4.69, 9.17) is 4.98 Å². The van der Waals surface area contributed by atoms with E-state index in [0.29, 0.717) is 12.5 Å². The zero-order chi connectivity index (χ0) is 15.6. The average Bonchev–Trinajstić information content (AvgIpc) is 2.46. The molecule has 0 unspecified atom stereocenters. The van der Waals surface area contributed by atoms with Crippen molar-refractivity contribution < 1.29 is 5.11 Å². The lowest BCUT2D eigenvalue weighted by atomic mass is 9.95. The first kappa shape index (κ1) is 16.0. The predicted molar refractivity (Wildman–Crippen MR) is 87.0 cm³/mol. The maximum atomic E-state index is 9.28. The number of nitrogens with zero attached hydrogens (tertiary/aromatic N) is 3. The van der Waals surface area contributed by atoms with Gasteiger partial charge in [0.05, 0.1) is 0 Å². The van der Waals surface area contributed by atoms with E-state index in [2.05, 4.69) is 42.9 Å². The van der Waals surface area contributed by atoms with Crippen molar-refractivity contribution >= 4 is 11.6 Å². The van der Waals surface area contributed by atoms with Crippen LogP contribution in [0.1, 0.15) is 45.0 Å². The van der Waals surface area contributed by atoms with Crippen LogP contribution < -0.4 is 10.2 Å². The minimum atomic E-state index is -0.0720. The summed E-state index contributed by atoms with van der Waals surface area (Å²) in [5.74, 6) is 3.26. The summed E-state index contributed by atoms with van der Waals surface area (Å²) in [4.78, 5) is 11.8. The van der Waals surface area contributed by atoms with Gasteiger partial charge in [-0.3, -0.25) is 0 Å². The van der Waals surface area contributed by atoms with E-state index in [1.165, 1.54) is 0 Å². The molecule has 0 amide bonds. The van der Waals surface area contributed by atoms with E-state index in [-0.39, 0.29) is 5.41 Å². The third-order valence-electron chi connectivity index (χ3n) is 4.20. The summed E-state index contributed by atoms with van der Waals surface area (Å²) < 4.78 is 0. The highest BCUT2D eigenvalue weighted by Gasteiger charge is 2.25. The van der Waals surface area contributed by atoms with Gasteiger partial charge in [-0.25, -0.2) is 9.97 Å². The summed E-state index contributed by atoms with van der Waals surface area (Å²) in [5, 5.41) is 12.5. The monoisotopic (exact) mass is 292 g/mol. The van der Waals surface area contributed by atoms with Gasteiger partial charge in [0.1, 0.15) is 17.5 Å². The summed E-state index contributed by atoms with van der Waals surface area (Å²) in [6.45, 7) is 10.7. The molecule has 1 aromatic heterocycles. The van der Waals surface area contributed by atoms with E-state index >= 15 is 0 Å². The fourth-order valence-corrected chi connectivity index (χ4v) is 2.72. The van der Waals surface area contributed by atoms with E-state index in [1.807, 2.05) is 7.05 Å². The van der Waals surface area contributed by atoms with Crippen LogP contribution in [0.2, 0.25) is 0 Å². The molecular weight excluding hydrogens is 264 g/mol. The molecule has 21 heavy (non-hydrogen) atoms. The molecule has 0 radical (unpaired) electrons. The highest BCUT2D eigenvalue weighted by molar-refractivity contribution is 5.59. The molecule has 118 valence electrons. The standard InChI is InChI=1S/C16H28N4O/c1-11-13(17-5)18-15(16(2,3)4)19-14(11)20-8-6-12(10-21)7-9-20/h12,21H,6-10H2,1-5H3,(H,17,18,19). The molecule has 2 heterocycles. The van der Waals surface area contributed by atoms with Crippen LogP contribution in [0, 0.1) is 12.8 Å². The van der Waals surface area contributed by atoms with Gasteiger partial charge in [-0.1, -0.05) is 20.8 Å². The second-order valence-electron chi connectivity index (χ2n) is 6.96. The zero-order valence-corrected chi connectivity index (χ0v) is 13.9. The van der Waals surface area contributed by atoms with E-state index in [0.717, 1.165) is 49.0 Å². The Morgan fingerprint density at radius 2 is 1.86 bits per heavy atom. The number of nitrogens with one attached hydrogen (secondary N) is 1. The van der Waals surface area contributed by atoms with Crippen molar-refractivity contribution in [3.05, 3.63) is 11.4 Å². The smallest absolute Gasteiger partial charge is 0.138 e. The van der Waals surface area contributed by atoms with Crippen molar-refractivity contribution in [3.8, 4) is 0 Å². The number of hydrogen-bond acceptors (Lipinski definition) is 5. The molecule has 5 nitrogen and oxygen atoms in total. The lowest BCUT2D eigenvalue weighted by molar-refractivity contribution is 0.202. The number of rotatable bonds is 3. The van der Waals surface area contributed by atoms with Gasteiger partial charge in [0.25, 0.3) is 0 Å². The minimum Gasteiger partial charge on any atom is -0.396 e. The van der Waals surface area contributed by atoms with E-state index < -0.39 is 0 Å². The molecule has 1 aliphatic rings. The Morgan fingerprint density at radius 1 is 1.24 bits per heavy atom. The summed E-state index contributed by atoms with van der Waals surface area (Å²) in [6, 6.07) is 0. The van der Waals surface area contributed by atoms with Gasteiger partial charge >= 0.3 is 0 Å². The fourth-order valence-electron chi connectivity index (χ4n) is 2.72. The molecule has 0 aromatic carbocycles. The zero-order valence-electron chi connectivity index (χ0n) is 13.9. The summed E-state index contributed by atoms with van der Waals surface area (Å²) in [5.41, 5.74) is 1.03. The second kappa shape index (κ2) is 6.18. The van der Waals surface area contributed by atoms with Gasteiger partial charge in [0, 0.05) is 37.7 Å². The highest BCUT2D eigenvalue weighted by atomic mass is 16.3. The highest BCUT2D eigenvalue weighted by Crippen LogP contribution is 2.30. The van der Waals surface area contributed by atoms with Gasteiger partial charge < -0.3 is 15.3 Å². The molecule has 0 aliphatic carbocycles. The Bertz CT molecular complexity index is 488. The van der Waals surface area contributed by atoms with Crippen LogP contribution in [0.3, 0.4) is 0 Å². The van der Waals surface area contributed by atoms with Gasteiger partial charge in [0.2, 0.25) is 0 Å². The Hall–Kier alpha value is -1.36. The number of aromatic nitrogens is 2. The molecule has 5 heteroatoms. The molecule has 0 spiro atoms. The quantitative estimate of drug-likeness (QED) is 0.895. The number of piperidine rings is 1. The van der Waals surface area contributed by atoms with Crippen molar-refractivity contribution in [2.75, 3.05) is 37.0 Å². The van der Waals surface area contributed by atoms with E-state index in [1.54, 1.807) is 0 Å². The first-order valence-electron chi connectivity index (χ1n) is 7.79. The van der Waals surface area contributed by atoms with Crippen LogP contribution in [0.4, 0.5) is 11.6 Å². The summed E-state index contributed by atoms with van der Waals surface area (Å²) in [6.07, 6.45) is 2.05. The summed E-state index contributed by atoms with van der Waals surface area (Å²) in [7, 11) is 1.91. The Balaban J connectivity index is 2.34. The molecule has 0 atom stereocenters. The molecule has 1 fully saturated rings. The van der Waals surface area contributed by atoms with Crippen molar-refractivity contribution in [1.82, 2.24) is 9.97 Å². The predicted octanol–water partition coefficient (Wildman–Crippen LogP) is 2.33. The first-order valence-corrected chi connectivity index (χ1v) is 7.79. The van der Waals surface area contributed by atoms with Crippen LogP contribution in [0.25, 0.3) is 0 Å². The lowest BCUT2D eigenvalue weighted by Gasteiger charge is -2.34. The molecule has 1 aromatic rings. The normalized spacial score (nSPS) is 17.1. The van der Waals surface area contributed by atoms with Crippen molar-refractivity contribution in [1.29, 1.82) is 0 Å². The molecule has 0 saturated carbocycles. The van der Waals surface area contributed by atoms with Crippen LogP contribution in [-0.2, 0) is 5.41 Å². The lowest BCUT2D eigenvalue weighted by Crippen LogP contribution is -2.36. The molecule has 0 bridgehead atoms. The third-order valence-corrected chi connectivity index (χ3v) is 4.20. The third kappa shape index (κ3) is 3.46. The van der Waals surface area contributed by atoms with Crippen LogP contribution in [0.5, 0.6) is 0 Å². The largest absolute Gasteiger partial charge is 0.396 e. The minimum absolute atomic E-state index is 0.0720. The molecular formula is C16H28N4O. The van der Waals surface area contributed by atoms with Crippen molar-refractivity contribution in [2.45, 2.75) is 46.0 Å². The Kier molecular flexibility index (Phi) is 4.71. The molecule has 1 saturated heterocycles. The Labute approximate surface area is 127 Å². The average molecular weight is 292 g/mol. The maximum Gasteiger partial charge on any atom is 0.138 e. The number of aliphatic hydroxyl groups is 1. The SMILES string of the molecule is CNc1nc(C(C)(C)C)nc(N2CCC(CO)CC2)c1C. The van der Waals surface area contributed by atoms with Crippen molar-refractivity contribution in [2.24, 2.45) is 5.92 Å². The second-order valence-corrected chi connectivity index (χ2v) is 6.96. The number of hydrogen-bond donors (Lipinski definition) is 2. The van der Waals surface area contributed by atoms with Gasteiger partial charge in [-0.05, 0) is 25.7 Å². The maximum absolute atomic E-state index is 9.28. The molecule has 2 N–H and O–H groups in total. The van der Waals surface area contributed by atoms with Gasteiger partial charge in [0.15, 0.2) is 0 Å². The van der Waals surface area contributed by atoms with E-state index in [9.17, 15) is 5.11 Å². The van der Waals surface area contributed by atoms with Crippen LogP contribution in [-0.4, -0.2) is 41.8 Å². The summed E-state index contributed by atoms with van der Waals surface area (Å²) >= 11 is 0. The Morgan fingerprint density at radius 3 is 2.33 bits per heavy atom. The fraction of sp³-hybridized carbons (Fsp3) is 0.750. The van der Waals surface area contributed by atoms with Crippen LogP contribution >= 0.6 is 0 Å². The van der Waals surface area contributed by atoms with Gasteiger partial charge in [-0.15, -0.1) is 0 Å².